The van der Waals surface area contributed by atoms with Gasteiger partial charge in [0.1, 0.15) is 51.5 Å². The van der Waals surface area contributed by atoms with Crippen molar-refractivity contribution in [2.75, 3.05) is 51.1 Å². The highest BCUT2D eigenvalue weighted by molar-refractivity contribution is 6.22. The first-order valence-corrected chi connectivity index (χ1v) is 17.4. The number of rotatable bonds is 9. The van der Waals surface area contributed by atoms with E-state index in [4.69, 9.17) is 0 Å². The van der Waals surface area contributed by atoms with Gasteiger partial charge in [0.05, 0.1) is 24.7 Å². The maximum Gasteiger partial charge on any atom is 0.352 e. The lowest BCUT2D eigenvalue weighted by atomic mass is 9.76. The van der Waals surface area contributed by atoms with Crippen molar-refractivity contribution in [3.63, 3.8) is 0 Å². The molecule has 3 aromatic carbocycles. The number of hydrogen-bond acceptors (Lipinski definition) is 6. The van der Waals surface area contributed by atoms with E-state index < -0.39 is 24.0 Å². The van der Waals surface area contributed by atoms with E-state index in [1.807, 2.05) is 49.4 Å². The fourth-order valence-corrected chi connectivity index (χ4v) is 9.40. The number of carboxylic acid groups (broad SMARTS) is 1. The molecule has 11 nitrogen and oxygen atoms in total. The minimum Gasteiger partial charge on any atom is -0.477 e. The number of nitrogens with one attached hydrogen (secondary N) is 1. The zero-order valence-corrected chi connectivity index (χ0v) is 28.3. The predicted octanol–water partition coefficient (Wildman–Crippen LogP) is 2.84. The summed E-state index contributed by atoms with van der Waals surface area (Å²) < 4.78 is 1.73. The van der Waals surface area contributed by atoms with Crippen molar-refractivity contribution in [2.45, 2.75) is 39.1 Å². The number of aliphatic carboxylic acids is 1. The predicted molar refractivity (Wildman–Crippen MR) is 184 cm³/mol. The number of quaternary nitrogens is 2. The lowest BCUT2D eigenvalue weighted by Crippen LogP contribution is -2.75. The number of aliphatic hydroxyl groups is 2. The third-order valence-electron chi connectivity index (χ3n) is 12.1. The molecular formula is C39H42N4O7+2. The molecule has 0 spiro atoms. The van der Waals surface area contributed by atoms with Crippen LogP contribution < -0.4 is 5.32 Å². The molecule has 0 unspecified atom stereocenters. The molecule has 4 fully saturated rings. The number of benzene rings is 3. The summed E-state index contributed by atoms with van der Waals surface area (Å²) in [4.78, 5) is 53.3. The molecule has 6 aliphatic rings. The minimum absolute atomic E-state index is 0.00716. The Kier molecular flexibility index (Phi) is 7.61. The second-order valence-electron chi connectivity index (χ2n) is 15.0. The van der Waals surface area contributed by atoms with Gasteiger partial charge in [-0.3, -0.25) is 14.4 Å². The zero-order valence-electron chi connectivity index (χ0n) is 28.3. The topological polar surface area (TPSA) is 144 Å². The van der Waals surface area contributed by atoms with Crippen LogP contribution in [0.2, 0.25) is 0 Å². The van der Waals surface area contributed by atoms with Crippen molar-refractivity contribution in [2.24, 2.45) is 11.8 Å². The number of hydrogen-bond donors (Lipinski definition) is 4. The smallest absolute Gasteiger partial charge is 0.352 e. The van der Waals surface area contributed by atoms with Crippen LogP contribution in [0.4, 0.5) is 5.69 Å². The fraction of sp³-hybridized carbons (Fsp3) is 0.385. The van der Waals surface area contributed by atoms with Crippen molar-refractivity contribution in [1.82, 2.24) is 4.90 Å². The number of nitrogens with zero attached hydrogens (tertiary/aromatic N) is 3. The zero-order chi connectivity index (χ0) is 35.1. The molecule has 3 aromatic rings. The number of piperazine rings is 3. The number of carboxylic acids is 1. The Balaban J connectivity index is 0.986. The minimum atomic E-state index is -1.20. The van der Waals surface area contributed by atoms with E-state index in [0.29, 0.717) is 34.5 Å². The third-order valence-corrected chi connectivity index (χ3v) is 12.1. The lowest BCUT2D eigenvalue weighted by molar-refractivity contribution is -1.08. The average Bonchev–Trinajstić information content (AvgIpc) is 3.52. The summed E-state index contributed by atoms with van der Waals surface area (Å²) in [6.45, 7) is 10.3. The molecule has 258 valence electrons. The summed E-state index contributed by atoms with van der Waals surface area (Å²) in [5.74, 6) is -2.66. The number of aliphatic hydroxyl groups excluding tert-OH is 2. The maximum atomic E-state index is 13.7. The van der Waals surface area contributed by atoms with Crippen LogP contribution >= 0.6 is 0 Å². The number of carbonyl (C=O) groups is 4. The third kappa shape index (κ3) is 5.02. The Morgan fingerprint density at radius 1 is 0.880 bits per heavy atom. The molecular weight excluding hydrogens is 636 g/mol. The summed E-state index contributed by atoms with van der Waals surface area (Å²) in [5.41, 5.74) is 6.54. The molecule has 50 heavy (non-hydrogen) atoms. The Labute approximate surface area is 290 Å². The van der Waals surface area contributed by atoms with Gasteiger partial charge < -0.3 is 34.5 Å². The van der Waals surface area contributed by atoms with E-state index >= 15 is 0 Å². The summed E-state index contributed by atoms with van der Waals surface area (Å²) in [5, 5.41) is 32.8. The monoisotopic (exact) mass is 678 g/mol. The van der Waals surface area contributed by atoms with Crippen LogP contribution in [0.3, 0.4) is 0 Å². The molecule has 0 radical (unpaired) electrons. The number of fused-ring (bicyclic) bond motifs is 7. The highest BCUT2D eigenvalue weighted by Crippen LogP contribution is 2.51. The van der Waals surface area contributed by atoms with Crippen molar-refractivity contribution in [1.29, 1.82) is 0 Å². The molecule has 0 aromatic heterocycles. The Bertz CT molecular complexity index is 1990. The second kappa shape index (κ2) is 11.7. The Morgan fingerprint density at radius 2 is 1.58 bits per heavy atom. The summed E-state index contributed by atoms with van der Waals surface area (Å²) in [6, 6.07) is 18.5. The van der Waals surface area contributed by atoms with Crippen LogP contribution in [0.5, 0.6) is 0 Å². The average molecular weight is 679 g/mol. The lowest BCUT2D eigenvalue weighted by Gasteiger charge is -2.55. The Morgan fingerprint density at radius 3 is 2.26 bits per heavy atom. The molecule has 0 saturated carbocycles. The largest absolute Gasteiger partial charge is 0.477 e. The number of anilines is 1. The molecule has 2 amide bonds. The van der Waals surface area contributed by atoms with E-state index in [0.717, 1.165) is 77.0 Å². The molecule has 11 heteroatoms. The number of amides is 2. The highest BCUT2D eigenvalue weighted by Gasteiger charge is 2.60. The van der Waals surface area contributed by atoms with E-state index in [2.05, 4.69) is 11.4 Å². The summed E-state index contributed by atoms with van der Waals surface area (Å²) in [7, 11) is 0. The van der Waals surface area contributed by atoms with Gasteiger partial charge in [-0.25, -0.2) is 4.79 Å². The first-order valence-electron chi connectivity index (χ1n) is 17.4. The fourth-order valence-electron chi connectivity index (χ4n) is 9.40. The van der Waals surface area contributed by atoms with Gasteiger partial charge in [0.15, 0.2) is 12.3 Å². The molecule has 4 saturated heterocycles. The van der Waals surface area contributed by atoms with Gasteiger partial charge in [-0.2, -0.15) is 0 Å². The van der Waals surface area contributed by atoms with Gasteiger partial charge in [0.2, 0.25) is 5.91 Å². The standard InChI is InChI=1S/C39H40N4O7/c1-22-33(36(39(49)50)41-35(22)34(23(2)45)38(41)48)26-7-9-28-30-17-24(6-8-29(30)37(47)31(28)18-26)19-42-10-13-43(14-11-42,15-12-42)20-32(46)40-27-5-3-4-25(16-27)21-44/h3-9,16-18,22-23,34-35,44-45H,10-15,19-21H2,1-2H3/p+2/t22-,23+,34+,35+,42?,43?/m0/s1. The van der Waals surface area contributed by atoms with Crippen LogP contribution in [0.25, 0.3) is 16.7 Å². The van der Waals surface area contributed by atoms with Crippen molar-refractivity contribution in [3.8, 4) is 11.1 Å². The molecule has 5 heterocycles. The van der Waals surface area contributed by atoms with Crippen molar-refractivity contribution >= 4 is 34.8 Å². The first kappa shape index (κ1) is 32.5. The molecule has 5 aliphatic heterocycles. The Hall–Kier alpha value is -4.68. The van der Waals surface area contributed by atoms with Gasteiger partial charge in [-0.05, 0) is 65.1 Å². The van der Waals surface area contributed by atoms with Gasteiger partial charge in [-0.15, -0.1) is 0 Å². The number of carbonyl (C=O) groups excluding carboxylic acids is 3. The number of β-lactam (4-membered cyclic amide) rings is 1. The quantitative estimate of drug-likeness (QED) is 0.158. The SMILES string of the molecule is C[C@@H](O)[C@H]1C(=O)N2C(C(=O)O)=C(c3ccc4c(c3)C(=O)c3ccc(C[N+]56CC[N+](CC(=O)Nc7cccc(CO)c7)(CC5)CC6)cc3-4)[C@H](C)[C@H]12. The van der Waals surface area contributed by atoms with Gasteiger partial charge >= 0.3 is 5.97 Å². The van der Waals surface area contributed by atoms with Crippen LogP contribution in [0.15, 0.2) is 66.4 Å². The molecule has 1 aliphatic carbocycles. The van der Waals surface area contributed by atoms with Gasteiger partial charge in [0, 0.05) is 28.3 Å². The van der Waals surface area contributed by atoms with Crippen LogP contribution in [-0.2, 0) is 27.5 Å². The summed E-state index contributed by atoms with van der Waals surface area (Å²) >= 11 is 0. The number of ketones is 1. The van der Waals surface area contributed by atoms with E-state index in [9.17, 15) is 34.5 Å². The molecule has 4 atom stereocenters. The summed E-state index contributed by atoms with van der Waals surface area (Å²) in [6.07, 6.45) is -0.887. The van der Waals surface area contributed by atoms with Crippen molar-refractivity contribution in [3.05, 3.63) is 94.2 Å². The van der Waals surface area contributed by atoms with Crippen molar-refractivity contribution < 1.29 is 43.5 Å². The van der Waals surface area contributed by atoms with Gasteiger partial charge in [0.25, 0.3) is 5.91 Å². The van der Waals surface area contributed by atoms with E-state index in [1.54, 1.807) is 19.1 Å². The van der Waals surface area contributed by atoms with E-state index in [1.165, 1.54) is 4.90 Å². The molecule has 2 bridgehead atoms. The second-order valence-corrected chi connectivity index (χ2v) is 15.0. The maximum absolute atomic E-state index is 13.7. The van der Waals surface area contributed by atoms with E-state index in [-0.39, 0.29) is 35.8 Å². The first-order chi connectivity index (χ1) is 23.9. The van der Waals surface area contributed by atoms with Crippen LogP contribution in [-0.4, -0.2) is 111 Å². The van der Waals surface area contributed by atoms with Crippen LogP contribution in [0, 0.1) is 11.8 Å². The van der Waals surface area contributed by atoms with Gasteiger partial charge in [-0.1, -0.05) is 37.3 Å². The normalized spacial score (nSPS) is 28.2. The van der Waals surface area contributed by atoms with Crippen LogP contribution in [0.1, 0.15) is 46.5 Å². The molecule has 4 N–H and O–H groups in total. The molecule has 9 rings (SSSR count). The highest BCUT2D eigenvalue weighted by atomic mass is 16.4.